The van der Waals surface area contributed by atoms with Crippen LogP contribution in [0.15, 0.2) is 24.5 Å². The Bertz CT molecular complexity index is 336. The maximum Gasteiger partial charge on any atom is 0.253 e. The van der Waals surface area contributed by atoms with Gasteiger partial charge in [0, 0.05) is 31.6 Å². The molecular formula is C12H18N2O2. The van der Waals surface area contributed by atoms with E-state index in [9.17, 15) is 4.79 Å². The lowest BCUT2D eigenvalue weighted by molar-refractivity contribution is 0.0888. The van der Waals surface area contributed by atoms with Crippen LogP contribution >= 0.6 is 0 Å². The molecule has 4 heteroatoms. The lowest BCUT2D eigenvalue weighted by atomic mass is 10.0. The fourth-order valence-corrected chi connectivity index (χ4v) is 1.30. The molecule has 1 rings (SSSR count). The SMILES string of the molecule is COCCC(C)(C)NC(=O)c1cccnc1. The van der Waals surface area contributed by atoms with E-state index in [0.29, 0.717) is 12.2 Å². The third-order valence-electron chi connectivity index (χ3n) is 2.31. The molecule has 0 radical (unpaired) electrons. The molecule has 0 aliphatic heterocycles. The summed E-state index contributed by atoms with van der Waals surface area (Å²) in [5.74, 6) is -0.103. The number of hydrogen-bond donors (Lipinski definition) is 1. The molecular weight excluding hydrogens is 204 g/mol. The molecule has 4 nitrogen and oxygen atoms in total. The second-order valence-corrected chi connectivity index (χ2v) is 4.32. The number of carbonyl (C=O) groups excluding carboxylic acids is 1. The van der Waals surface area contributed by atoms with E-state index in [4.69, 9.17) is 4.74 Å². The zero-order chi connectivity index (χ0) is 12.0. The topological polar surface area (TPSA) is 51.2 Å². The van der Waals surface area contributed by atoms with Gasteiger partial charge in [0.05, 0.1) is 5.56 Å². The molecule has 1 amide bonds. The summed E-state index contributed by atoms with van der Waals surface area (Å²) in [5.41, 5.74) is 0.302. The van der Waals surface area contributed by atoms with Crippen LogP contribution in [0, 0.1) is 0 Å². The Kier molecular flexibility index (Phi) is 4.43. The fourth-order valence-electron chi connectivity index (χ4n) is 1.30. The minimum absolute atomic E-state index is 0.103. The number of carbonyl (C=O) groups is 1. The molecule has 1 aromatic rings. The van der Waals surface area contributed by atoms with Crippen LogP contribution in [-0.2, 0) is 4.74 Å². The summed E-state index contributed by atoms with van der Waals surface area (Å²) < 4.78 is 5.00. The highest BCUT2D eigenvalue weighted by molar-refractivity contribution is 5.94. The monoisotopic (exact) mass is 222 g/mol. The molecule has 0 bridgehead atoms. The fraction of sp³-hybridized carbons (Fsp3) is 0.500. The van der Waals surface area contributed by atoms with Crippen LogP contribution in [0.2, 0.25) is 0 Å². The van der Waals surface area contributed by atoms with E-state index in [0.717, 1.165) is 6.42 Å². The number of pyridine rings is 1. The summed E-state index contributed by atoms with van der Waals surface area (Å²) in [7, 11) is 1.65. The zero-order valence-electron chi connectivity index (χ0n) is 9.99. The van der Waals surface area contributed by atoms with Crippen LogP contribution in [0.25, 0.3) is 0 Å². The Morgan fingerprint density at radius 2 is 2.31 bits per heavy atom. The van der Waals surface area contributed by atoms with Gasteiger partial charge in [-0.15, -0.1) is 0 Å². The van der Waals surface area contributed by atoms with Gasteiger partial charge in [0.25, 0.3) is 5.91 Å². The first kappa shape index (κ1) is 12.6. The number of nitrogens with zero attached hydrogens (tertiary/aromatic N) is 1. The van der Waals surface area contributed by atoms with Crippen LogP contribution in [0.3, 0.4) is 0 Å². The largest absolute Gasteiger partial charge is 0.385 e. The Balaban J connectivity index is 2.57. The summed E-state index contributed by atoms with van der Waals surface area (Å²) >= 11 is 0. The molecule has 0 aliphatic rings. The minimum Gasteiger partial charge on any atom is -0.385 e. The predicted octanol–water partition coefficient (Wildman–Crippen LogP) is 1.63. The molecule has 0 aliphatic carbocycles. The molecule has 0 saturated heterocycles. The van der Waals surface area contributed by atoms with Gasteiger partial charge in [-0.3, -0.25) is 9.78 Å². The van der Waals surface area contributed by atoms with E-state index >= 15 is 0 Å². The zero-order valence-corrected chi connectivity index (χ0v) is 9.99. The minimum atomic E-state index is -0.275. The van der Waals surface area contributed by atoms with E-state index in [1.807, 2.05) is 13.8 Å². The van der Waals surface area contributed by atoms with Crippen molar-refractivity contribution < 1.29 is 9.53 Å². The third kappa shape index (κ3) is 3.98. The number of rotatable bonds is 5. The van der Waals surface area contributed by atoms with E-state index in [1.165, 1.54) is 0 Å². The first-order valence-corrected chi connectivity index (χ1v) is 5.27. The van der Waals surface area contributed by atoms with Crippen LogP contribution in [0.4, 0.5) is 0 Å². The number of methoxy groups -OCH3 is 1. The van der Waals surface area contributed by atoms with Crippen molar-refractivity contribution in [2.45, 2.75) is 25.8 Å². The molecule has 0 aromatic carbocycles. The standard InChI is InChI=1S/C12H18N2O2/c1-12(2,6-8-16-3)14-11(15)10-5-4-7-13-9-10/h4-5,7,9H,6,8H2,1-3H3,(H,14,15). The smallest absolute Gasteiger partial charge is 0.253 e. The molecule has 0 saturated carbocycles. The molecule has 0 spiro atoms. The first-order valence-electron chi connectivity index (χ1n) is 5.27. The van der Waals surface area contributed by atoms with Crippen LogP contribution < -0.4 is 5.32 Å². The lowest BCUT2D eigenvalue weighted by Gasteiger charge is -2.25. The third-order valence-corrected chi connectivity index (χ3v) is 2.31. The number of hydrogen-bond acceptors (Lipinski definition) is 3. The van der Waals surface area contributed by atoms with E-state index in [-0.39, 0.29) is 11.4 Å². The molecule has 0 fully saturated rings. The van der Waals surface area contributed by atoms with Gasteiger partial charge in [0.2, 0.25) is 0 Å². The summed E-state index contributed by atoms with van der Waals surface area (Å²) in [4.78, 5) is 15.7. The highest BCUT2D eigenvalue weighted by Crippen LogP contribution is 2.09. The molecule has 16 heavy (non-hydrogen) atoms. The van der Waals surface area contributed by atoms with Gasteiger partial charge >= 0.3 is 0 Å². The molecule has 0 unspecified atom stereocenters. The maximum absolute atomic E-state index is 11.8. The van der Waals surface area contributed by atoms with Crippen LogP contribution in [0.1, 0.15) is 30.6 Å². The average molecular weight is 222 g/mol. The van der Waals surface area contributed by atoms with Crippen molar-refractivity contribution in [3.63, 3.8) is 0 Å². The van der Waals surface area contributed by atoms with E-state index in [1.54, 1.807) is 31.6 Å². The number of amides is 1. The molecule has 0 atom stereocenters. The highest BCUT2D eigenvalue weighted by Gasteiger charge is 2.20. The van der Waals surface area contributed by atoms with E-state index < -0.39 is 0 Å². The van der Waals surface area contributed by atoms with Gasteiger partial charge in [-0.25, -0.2) is 0 Å². The second kappa shape index (κ2) is 5.61. The van der Waals surface area contributed by atoms with Crippen LogP contribution in [-0.4, -0.2) is 30.1 Å². The summed E-state index contributed by atoms with van der Waals surface area (Å²) in [5, 5.41) is 2.95. The lowest BCUT2D eigenvalue weighted by Crippen LogP contribution is -2.44. The van der Waals surface area contributed by atoms with Crippen molar-refractivity contribution in [2.75, 3.05) is 13.7 Å². The predicted molar refractivity (Wildman–Crippen MR) is 62.3 cm³/mol. The van der Waals surface area contributed by atoms with Gasteiger partial charge in [-0.2, -0.15) is 0 Å². The number of nitrogens with one attached hydrogen (secondary N) is 1. The van der Waals surface area contributed by atoms with Gasteiger partial charge in [-0.05, 0) is 32.4 Å². The average Bonchev–Trinajstić information content (AvgIpc) is 2.27. The Hall–Kier alpha value is -1.42. The molecule has 1 heterocycles. The van der Waals surface area contributed by atoms with E-state index in [2.05, 4.69) is 10.3 Å². The van der Waals surface area contributed by atoms with Gasteiger partial charge in [0.15, 0.2) is 0 Å². The second-order valence-electron chi connectivity index (χ2n) is 4.32. The van der Waals surface area contributed by atoms with Crippen molar-refractivity contribution in [2.24, 2.45) is 0 Å². The molecule has 1 N–H and O–H groups in total. The quantitative estimate of drug-likeness (QED) is 0.823. The van der Waals surface area contributed by atoms with Crippen molar-refractivity contribution in [1.82, 2.24) is 10.3 Å². The number of aromatic nitrogens is 1. The summed E-state index contributed by atoms with van der Waals surface area (Å²) in [6.45, 7) is 4.57. The van der Waals surface area contributed by atoms with Gasteiger partial charge < -0.3 is 10.1 Å². The van der Waals surface area contributed by atoms with Gasteiger partial charge in [0.1, 0.15) is 0 Å². The molecule has 88 valence electrons. The summed E-state index contributed by atoms with van der Waals surface area (Å²) in [6.07, 6.45) is 3.98. The Labute approximate surface area is 96.0 Å². The van der Waals surface area contributed by atoms with Crippen molar-refractivity contribution in [1.29, 1.82) is 0 Å². The normalized spacial score (nSPS) is 11.2. The highest BCUT2D eigenvalue weighted by atomic mass is 16.5. The first-order chi connectivity index (χ1) is 7.55. The Morgan fingerprint density at radius 1 is 1.56 bits per heavy atom. The van der Waals surface area contributed by atoms with Gasteiger partial charge in [-0.1, -0.05) is 0 Å². The van der Waals surface area contributed by atoms with Crippen LogP contribution in [0.5, 0.6) is 0 Å². The Morgan fingerprint density at radius 3 is 2.88 bits per heavy atom. The summed E-state index contributed by atoms with van der Waals surface area (Å²) in [6, 6.07) is 3.49. The molecule has 1 aromatic heterocycles. The van der Waals surface area contributed by atoms with Crippen molar-refractivity contribution in [3.05, 3.63) is 30.1 Å². The number of ether oxygens (including phenoxy) is 1. The van der Waals surface area contributed by atoms with Crippen molar-refractivity contribution >= 4 is 5.91 Å². The van der Waals surface area contributed by atoms with Crippen molar-refractivity contribution in [3.8, 4) is 0 Å². The maximum atomic E-state index is 11.8.